The van der Waals surface area contributed by atoms with E-state index in [1.165, 1.54) is 19.3 Å². The van der Waals surface area contributed by atoms with E-state index in [1.807, 2.05) is 0 Å². The Morgan fingerprint density at radius 1 is 1.31 bits per heavy atom. The van der Waals surface area contributed by atoms with Crippen LogP contribution in [0.2, 0.25) is 0 Å². The second kappa shape index (κ2) is 5.70. The molecule has 0 heterocycles. The Morgan fingerprint density at radius 2 is 2.00 bits per heavy atom. The zero-order valence-corrected chi connectivity index (χ0v) is 11.3. The number of nitrogens with one attached hydrogen (secondary N) is 1. The van der Waals surface area contributed by atoms with Crippen molar-refractivity contribution in [2.24, 2.45) is 17.3 Å². The van der Waals surface area contributed by atoms with Gasteiger partial charge in [-0.05, 0) is 37.0 Å². The highest BCUT2D eigenvalue weighted by Gasteiger charge is 2.34. The summed E-state index contributed by atoms with van der Waals surface area (Å²) in [6.07, 6.45) is 5.77. The lowest BCUT2D eigenvalue weighted by molar-refractivity contribution is -0.126. The minimum atomic E-state index is 0.283. The largest absolute Gasteiger partial charge is 0.356 e. The van der Waals surface area contributed by atoms with Gasteiger partial charge >= 0.3 is 0 Å². The Hall–Kier alpha value is -0.530. The van der Waals surface area contributed by atoms with Gasteiger partial charge in [0.2, 0.25) is 5.91 Å². The average Bonchev–Trinajstić information content (AvgIpc) is 2.59. The quantitative estimate of drug-likeness (QED) is 0.781. The lowest BCUT2D eigenvalue weighted by atomic mass is 9.80. The molecular formula is C14H27NO. The Kier molecular flexibility index (Phi) is 4.82. The van der Waals surface area contributed by atoms with E-state index >= 15 is 0 Å². The molecule has 0 saturated heterocycles. The predicted molar refractivity (Wildman–Crippen MR) is 68.2 cm³/mol. The van der Waals surface area contributed by atoms with Gasteiger partial charge in [-0.1, -0.05) is 34.1 Å². The molecule has 0 aliphatic heterocycles. The van der Waals surface area contributed by atoms with E-state index in [0.29, 0.717) is 17.2 Å². The molecule has 0 bridgehead atoms. The minimum Gasteiger partial charge on any atom is -0.356 e. The molecule has 0 aromatic rings. The second-order valence-electron chi connectivity index (χ2n) is 6.35. The molecule has 2 atom stereocenters. The Morgan fingerprint density at radius 3 is 2.56 bits per heavy atom. The molecular weight excluding hydrogens is 198 g/mol. The van der Waals surface area contributed by atoms with Gasteiger partial charge in [0.15, 0.2) is 0 Å². The maximum atomic E-state index is 12.0. The van der Waals surface area contributed by atoms with Gasteiger partial charge in [0.25, 0.3) is 0 Å². The van der Waals surface area contributed by atoms with Crippen LogP contribution in [0.15, 0.2) is 0 Å². The van der Waals surface area contributed by atoms with Crippen LogP contribution in [0.5, 0.6) is 0 Å². The van der Waals surface area contributed by atoms with E-state index in [9.17, 15) is 4.79 Å². The highest BCUT2D eigenvalue weighted by Crippen LogP contribution is 2.39. The molecule has 1 rings (SSSR count). The van der Waals surface area contributed by atoms with Crippen molar-refractivity contribution in [1.29, 1.82) is 0 Å². The first-order valence-corrected chi connectivity index (χ1v) is 6.72. The van der Waals surface area contributed by atoms with Crippen molar-refractivity contribution in [3.63, 3.8) is 0 Å². The summed E-state index contributed by atoms with van der Waals surface area (Å²) in [5.41, 5.74) is 0.346. The highest BCUT2D eigenvalue weighted by molar-refractivity contribution is 5.79. The molecule has 94 valence electrons. The van der Waals surface area contributed by atoms with E-state index in [0.717, 1.165) is 19.4 Å². The van der Waals surface area contributed by atoms with Crippen LogP contribution in [-0.2, 0) is 4.79 Å². The van der Waals surface area contributed by atoms with Gasteiger partial charge < -0.3 is 5.32 Å². The van der Waals surface area contributed by atoms with Gasteiger partial charge in [0.05, 0.1) is 0 Å². The Labute approximate surface area is 100 Å². The van der Waals surface area contributed by atoms with Crippen molar-refractivity contribution in [3.05, 3.63) is 0 Å². The predicted octanol–water partition coefficient (Wildman–Crippen LogP) is 3.37. The molecule has 16 heavy (non-hydrogen) atoms. The van der Waals surface area contributed by atoms with Gasteiger partial charge in [-0.25, -0.2) is 0 Å². The van der Waals surface area contributed by atoms with E-state index in [-0.39, 0.29) is 5.92 Å². The number of hydrogen-bond acceptors (Lipinski definition) is 1. The van der Waals surface area contributed by atoms with Crippen LogP contribution in [0.3, 0.4) is 0 Å². The van der Waals surface area contributed by atoms with Crippen LogP contribution in [0.4, 0.5) is 0 Å². The molecule has 1 fully saturated rings. The van der Waals surface area contributed by atoms with Gasteiger partial charge in [-0.2, -0.15) is 0 Å². The van der Waals surface area contributed by atoms with E-state index < -0.39 is 0 Å². The molecule has 1 saturated carbocycles. The summed E-state index contributed by atoms with van der Waals surface area (Å²) in [7, 11) is 0. The third-order valence-electron chi connectivity index (χ3n) is 3.42. The third kappa shape index (κ3) is 4.15. The molecule has 1 aliphatic rings. The molecule has 0 radical (unpaired) electrons. The summed E-state index contributed by atoms with van der Waals surface area (Å²) in [4.78, 5) is 12.0. The van der Waals surface area contributed by atoms with Crippen molar-refractivity contribution < 1.29 is 4.79 Å². The number of rotatable bonds is 4. The zero-order chi connectivity index (χ0) is 12.2. The fraction of sp³-hybridized carbons (Fsp3) is 0.929. The lowest BCUT2D eigenvalue weighted by Gasteiger charge is -2.26. The van der Waals surface area contributed by atoms with Gasteiger partial charge in [-0.15, -0.1) is 0 Å². The molecule has 1 N–H and O–H groups in total. The van der Waals surface area contributed by atoms with Crippen molar-refractivity contribution in [2.45, 2.75) is 59.8 Å². The lowest BCUT2D eigenvalue weighted by Crippen LogP contribution is -2.34. The smallest absolute Gasteiger partial charge is 0.223 e. The number of carbonyl (C=O) groups is 1. The van der Waals surface area contributed by atoms with Crippen molar-refractivity contribution in [3.8, 4) is 0 Å². The number of carbonyl (C=O) groups excluding carboxylic acids is 1. The topological polar surface area (TPSA) is 29.1 Å². The van der Waals surface area contributed by atoms with Crippen LogP contribution < -0.4 is 5.32 Å². The van der Waals surface area contributed by atoms with Crippen molar-refractivity contribution in [2.75, 3.05) is 6.54 Å². The SMILES string of the molecule is CCCNC(=O)C1CCCC1CC(C)(C)C. The van der Waals surface area contributed by atoms with Gasteiger partial charge in [-0.3, -0.25) is 4.79 Å². The fourth-order valence-electron chi connectivity index (χ4n) is 2.79. The zero-order valence-electron chi connectivity index (χ0n) is 11.3. The van der Waals surface area contributed by atoms with Gasteiger partial charge in [0, 0.05) is 12.5 Å². The maximum absolute atomic E-state index is 12.0. The molecule has 0 aromatic carbocycles. The van der Waals surface area contributed by atoms with E-state index in [1.54, 1.807) is 0 Å². The highest BCUT2D eigenvalue weighted by atomic mass is 16.1. The third-order valence-corrected chi connectivity index (χ3v) is 3.42. The molecule has 0 aromatic heterocycles. The van der Waals surface area contributed by atoms with E-state index in [2.05, 4.69) is 33.0 Å². The minimum absolute atomic E-state index is 0.283. The summed E-state index contributed by atoms with van der Waals surface area (Å²) >= 11 is 0. The molecule has 2 unspecified atom stereocenters. The average molecular weight is 225 g/mol. The monoisotopic (exact) mass is 225 g/mol. The van der Waals surface area contributed by atoms with Crippen molar-refractivity contribution >= 4 is 5.91 Å². The first-order chi connectivity index (χ1) is 7.44. The summed E-state index contributed by atoms with van der Waals surface area (Å²) < 4.78 is 0. The number of amides is 1. The Bertz CT molecular complexity index is 229. The van der Waals surface area contributed by atoms with Crippen LogP contribution >= 0.6 is 0 Å². The van der Waals surface area contributed by atoms with Crippen molar-refractivity contribution in [1.82, 2.24) is 5.32 Å². The standard InChI is InChI=1S/C14H27NO/c1-5-9-15-13(16)12-8-6-7-11(12)10-14(2,3)4/h11-12H,5-10H2,1-4H3,(H,15,16). The summed E-state index contributed by atoms with van der Waals surface area (Å²) in [6.45, 7) is 9.74. The first-order valence-electron chi connectivity index (χ1n) is 6.72. The van der Waals surface area contributed by atoms with Crippen LogP contribution in [0, 0.1) is 17.3 Å². The molecule has 2 heteroatoms. The summed E-state index contributed by atoms with van der Waals surface area (Å²) in [5, 5.41) is 3.05. The number of hydrogen-bond donors (Lipinski definition) is 1. The van der Waals surface area contributed by atoms with Crippen LogP contribution in [0.1, 0.15) is 59.8 Å². The Balaban J connectivity index is 2.48. The molecule has 1 amide bonds. The molecule has 2 nitrogen and oxygen atoms in total. The summed E-state index contributed by atoms with van der Waals surface area (Å²) in [6, 6.07) is 0. The van der Waals surface area contributed by atoms with E-state index in [4.69, 9.17) is 0 Å². The maximum Gasteiger partial charge on any atom is 0.223 e. The second-order valence-corrected chi connectivity index (χ2v) is 6.35. The van der Waals surface area contributed by atoms with Crippen LogP contribution in [-0.4, -0.2) is 12.5 Å². The normalized spacial score (nSPS) is 25.8. The van der Waals surface area contributed by atoms with Gasteiger partial charge in [0.1, 0.15) is 0 Å². The fourth-order valence-corrected chi connectivity index (χ4v) is 2.79. The van der Waals surface area contributed by atoms with Crippen LogP contribution in [0.25, 0.3) is 0 Å². The summed E-state index contributed by atoms with van der Waals surface area (Å²) in [5.74, 6) is 1.19. The first kappa shape index (κ1) is 13.5. The molecule has 1 aliphatic carbocycles. The molecule has 0 spiro atoms.